The average Bonchev–Trinajstić information content (AvgIpc) is 2.55. The molecule has 1 aromatic rings. The molecule has 0 bridgehead atoms. The molecule has 0 atom stereocenters. The SMILES string of the molecule is C=C(C)/C=N\n1cc(Cl)cc1C.CCOC. The molecule has 1 heterocycles. The van der Waals surface area contributed by atoms with Crippen molar-refractivity contribution in [1.29, 1.82) is 0 Å². The maximum atomic E-state index is 5.76. The number of aromatic nitrogens is 1. The summed E-state index contributed by atoms with van der Waals surface area (Å²) in [6.07, 6.45) is 3.46. The standard InChI is InChI=1S/C9H11ClN2.C3H8O/c1-7(2)5-11-12-6-9(10)4-8(12)3;1-3-4-2/h4-6H,1H2,2-3H3;3H2,1-2H3/b11-5-;. The van der Waals surface area contributed by atoms with Crippen molar-refractivity contribution < 1.29 is 4.74 Å². The highest BCUT2D eigenvalue weighted by atomic mass is 35.5. The van der Waals surface area contributed by atoms with Gasteiger partial charge in [-0.1, -0.05) is 18.2 Å². The number of aryl methyl sites for hydroxylation is 1. The van der Waals surface area contributed by atoms with Crippen LogP contribution in [0.3, 0.4) is 0 Å². The molecular weight excluding hydrogens is 224 g/mol. The molecular formula is C12H19ClN2O. The number of ether oxygens (including phenoxy) is 1. The molecule has 1 rings (SSSR count). The van der Waals surface area contributed by atoms with Gasteiger partial charge in [0.2, 0.25) is 0 Å². The number of rotatable bonds is 3. The Labute approximate surface area is 102 Å². The summed E-state index contributed by atoms with van der Waals surface area (Å²) in [7, 11) is 1.68. The van der Waals surface area contributed by atoms with Gasteiger partial charge in [0.1, 0.15) is 0 Å². The van der Waals surface area contributed by atoms with Crippen LogP contribution in [0.5, 0.6) is 0 Å². The summed E-state index contributed by atoms with van der Waals surface area (Å²) in [5, 5.41) is 4.83. The van der Waals surface area contributed by atoms with Crippen LogP contribution >= 0.6 is 11.6 Å². The number of allylic oxidation sites excluding steroid dienone is 1. The Morgan fingerprint density at radius 2 is 2.25 bits per heavy atom. The topological polar surface area (TPSA) is 26.5 Å². The molecule has 4 heteroatoms. The van der Waals surface area contributed by atoms with Crippen LogP contribution in [-0.2, 0) is 4.74 Å². The quantitative estimate of drug-likeness (QED) is 0.745. The van der Waals surface area contributed by atoms with E-state index in [1.807, 2.05) is 26.8 Å². The van der Waals surface area contributed by atoms with Crippen molar-refractivity contribution in [1.82, 2.24) is 4.68 Å². The number of halogens is 1. The van der Waals surface area contributed by atoms with Gasteiger partial charge in [-0.15, -0.1) is 0 Å². The molecule has 0 aliphatic carbocycles. The molecule has 0 aliphatic rings. The highest BCUT2D eigenvalue weighted by Gasteiger charge is 1.96. The Morgan fingerprint density at radius 3 is 2.56 bits per heavy atom. The van der Waals surface area contributed by atoms with Crippen molar-refractivity contribution in [3.05, 3.63) is 35.1 Å². The Hall–Kier alpha value is -1.06. The first-order valence-electron chi connectivity index (χ1n) is 5.04. The van der Waals surface area contributed by atoms with Gasteiger partial charge in [0.25, 0.3) is 0 Å². The summed E-state index contributed by atoms with van der Waals surface area (Å²) in [4.78, 5) is 0. The highest BCUT2D eigenvalue weighted by molar-refractivity contribution is 6.30. The molecule has 0 aliphatic heterocycles. The van der Waals surface area contributed by atoms with E-state index in [0.717, 1.165) is 17.9 Å². The van der Waals surface area contributed by atoms with Crippen LogP contribution in [0.4, 0.5) is 0 Å². The van der Waals surface area contributed by atoms with Crippen LogP contribution in [-0.4, -0.2) is 24.6 Å². The van der Waals surface area contributed by atoms with Crippen molar-refractivity contribution in [2.75, 3.05) is 13.7 Å². The smallest absolute Gasteiger partial charge is 0.0607 e. The molecule has 0 spiro atoms. The second-order valence-corrected chi connectivity index (χ2v) is 3.75. The van der Waals surface area contributed by atoms with E-state index in [-0.39, 0.29) is 0 Å². The zero-order valence-electron chi connectivity index (χ0n) is 10.3. The lowest BCUT2D eigenvalue weighted by Gasteiger charge is -1.94. The molecule has 16 heavy (non-hydrogen) atoms. The molecule has 0 unspecified atom stereocenters. The predicted molar refractivity (Wildman–Crippen MR) is 70.4 cm³/mol. The van der Waals surface area contributed by atoms with Crippen LogP contribution < -0.4 is 0 Å². The van der Waals surface area contributed by atoms with Crippen molar-refractivity contribution in [2.24, 2.45) is 5.10 Å². The Bertz CT molecular complexity index is 354. The maximum Gasteiger partial charge on any atom is 0.0607 e. The van der Waals surface area contributed by atoms with E-state index < -0.39 is 0 Å². The fourth-order valence-electron chi connectivity index (χ4n) is 0.807. The Kier molecular flexibility index (Phi) is 7.60. The summed E-state index contributed by atoms with van der Waals surface area (Å²) in [5.41, 5.74) is 1.93. The lowest BCUT2D eigenvalue weighted by molar-refractivity contribution is 0.215. The van der Waals surface area contributed by atoms with Crippen LogP contribution in [0.25, 0.3) is 0 Å². The molecule has 0 fully saturated rings. The molecule has 90 valence electrons. The minimum absolute atomic E-state index is 0.700. The van der Waals surface area contributed by atoms with Gasteiger partial charge in [-0.25, -0.2) is 4.68 Å². The van der Waals surface area contributed by atoms with Crippen LogP contribution in [0, 0.1) is 6.92 Å². The van der Waals surface area contributed by atoms with Crippen molar-refractivity contribution >= 4 is 17.8 Å². The Morgan fingerprint density at radius 1 is 1.69 bits per heavy atom. The van der Waals surface area contributed by atoms with Gasteiger partial charge >= 0.3 is 0 Å². The molecule has 0 radical (unpaired) electrons. The minimum atomic E-state index is 0.700. The zero-order chi connectivity index (χ0) is 12.6. The van der Waals surface area contributed by atoms with E-state index in [1.54, 1.807) is 24.2 Å². The van der Waals surface area contributed by atoms with Gasteiger partial charge in [0.05, 0.1) is 11.2 Å². The third kappa shape index (κ3) is 6.43. The summed E-state index contributed by atoms with van der Waals surface area (Å²) in [5.74, 6) is 0. The predicted octanol–water partition coefficient (Wildman–Crippen LogP) is 3.51. The van der Waals surface area contributed by atoms with Crippen LogP contribution in [0.15, 0.2) is 29.5 Å². The molecule has 0 N–H and O–H groups in total. The van der Waals surface area contributed by atoms with E-state index in [4.69, 9.17) is 11.6 Å². The molecule has 0 amide bonds. The summed E-state index contributed by atoms with van der Waals surface area (Å²) in [6, 6.07) is 1.86. The number of hydrogen-bond acceptors (Lipinski definition) is 2. The molecule has 0 saturated carbocycles. The van der Waals surface area contributed by atoms with E-state index in [1.165, 1.54) is 0 Å². The number of nitrogens with zero attached hydrogens (tertiary/aromatic N) is 2. The van der Waals surface area contributed by atoms with Crippen LogP contribution in [0.1, 0.15) is 19.5 Å². The molecule has 0 saturated heterocycles. The number of methoxy groups -OCH3 is 1. The first-order chi connectivity index (χ1) is 7.51. The van der Waals surface area contributed by atoms with E-state index >= 15 is 0 Å². The van der Waals surface area contributed by atoms with Crippen molar-refractivity contribution in [2.45, 2.75) is 20.8 Å². The third-order valence-electron chi connectivity index (χ3n) is 1.64. The average molecular weight is 243 g/mol. The maximum absolute atomic E-state index is 5.76. The van der Waals surface area contributed by atoms with E-state index in [2.05, 4.69) is 16.4 Å². The van der Waals surface area contributed by atoms with Crippen LogP contribution in [0.2, 0.25) is 5.02 Å². The summed E-state index contributed by atoms with van der Waals surface area (Å²) >= 11 is 5.76. The zero-order valence-corrected chi connectivity index (χ0v) is 11.1. The Balaban J connectivity index is 0.000000487. The van der Waals surface area contributed by atoms with Gasteiger partial charge in [-0.3, -0.25) is 0 Å². The van der Waals surface area contributed by atoms with Gasteiger partial charge in [-0.05, 0) is 32.4 Å². The summed E-state index contributed by atoms with van der Waals surface area (Å²) in [6.45, 7) is 10.3. The van der Waals surface area contributed by atoms with Crippen molar-refractivity contribution in [3.63, 3.8) is 0 Å². The van der Waals surface area contributed by atoms with Crippen molar-refractivity contribution in [3.8, 4) is 0 Å². The largest absolute Gasteiger partial charge is 0.385 e. The van der Waals surface area contributed by atoms with Gasteiger partial charge in [-0.2, -0.15) is 5.10 Å². The number of hydrogen-bond donors (Lipinski definition) is 0. The monoisotopic (exact) mass is 242 g/mol. The summed E-state index contributed by atoms with van der Waals surface area (Å²) < 4.78 is 6.26. The first kappa shape index (κ1) is 14.9. The van der Waals surface area contributed by atoms with Gasteiger partial charge in [0.15, 0.2) is 0 Å². The second kappa shape index (κ2) is 8.13. The van der Waals surface area contributed by atoms with E-state index in [9.17, 15) is 0 Å². The third-order valence-corrected chi connectivity index (χ3v) is 1.85. The highest BCUT2D eigenvalue weighted by Crippen LogP contribution is 2.12. The normalized spacial score (nSPS) is 10.1. The fraction of sp³-hybridized carbons (Fsp3) is 0.417. The van der Waals surface area contributed by atoms with Gasteiger partial charge in [0, 0.05) is 25.6 Å². The minimum Gasteiger partial charge on any atom is -0.385 e. The first-order valence-corrected chi connectivity index (χ1v) is 5.42. The molecule has 0 aromatic carbocycles. The second-order valence-electron chi connectivity index (χ2n) is 3.31. The lowest BCUT2D eigenvalue weighted by atomic mass is 10.4. The van der Waals surface area contributed by atoms with Gasteiger partial charge < -0.3 is 4.74 Å². The molecule has 1 aromatic heterocycles. The lowest BCUT2D eigenvalue weighted by Crippen LogP contribution is -1.89. The molecule has 3 nitrogen and oxygen atoms in total. The van der Waals surface area contributed by atoms with E-state index in [0.29, 0.717) is 5.02 Å². The fourth-order valence-corrected chi connectivity index (χ4v) is 1.06.